The van der Waals surface area contributed by atoms with Crippen molar-refractivity contribution < 1.29 is 4.92 Å². The van der Waals surface area contributed by atoms with Crippen LogP contribution in [0.3, 0.4) is 0 Å². The highest BCUT2D eigenvalue weighted by Crippen LogP contribution is 2.34. The average Bonchev–Trinajstić information content (AvgIpc) is 2.48. The molecule has 0 atom stereocenters. The van der Waals surface area contributed by atoms with Gasteiger partial charge in [-0.2, -0.15) is 0 Å². The molecule has 1 aliphatic rings. The number of rotatable bonds is 3. The molecular weight excluding hydrogens is 266 g/mol. The van der Waals surface area contributed by atoms with E-state index in [-0.39, 0.29) is 10.6 Å². The summed E-state index contributed by atoms with van der Waals surface area (Å²) in [6.45, 7) is 1.99. The molecule has 2 aromatic rings. The van der Waals surface area contributed by atoms with Crippen molar-refractivity contribution in [2.75, 3.05) is 5.32 Å². The first-order valence-corrected chi connectivity index (χ1v) is 7.45. The van der Waals surface area contributed by atoms with E-state index in [0.29, 0.717) is 11.7 Å². The summed E-state index contributed by atoms with van der Waals surface area (Å²) in [5, 5.41) is 15.6. The molecule has 1 aromatic heterocycles. The molecule has 21 heavy (non-hydrogen) atoms. The van der Waals surface area contributed by atoms with E-state index in [1.807, 2.05) is 25.1 Å². The van der Waals surface area contributed by atoms with E-state index < -0.39 is 0 Å². The summed E-state index contributed by atoms with van der Waals surface area (Å²) in [5.74, 6) is 0. The van der Waals surface area contributed by atoms with Gasteiger partial charge in [-0.1, -0.05) is 30.9 Å². The molecule has 1 fully saturated rings. The summed E-state index contributed by atoms with van der Waals surface area (Å²) in [6, 6.07) is 6.19. The second-order valence-electron chi connectivity index (χ2n) is 5.78. The molecule has 5 heteroatoms. The van der Waals surface area contributed by atoms with Gasteiger partial charge in [0, 0.05) is 11.4 Å². The predicted molar refractivity (Wildman–Crippen MR) is 83.6 cm³/mol. The van der Waals surface area contributed by atoms with Crippen molar-refractivity contribution in [1.82, 2.24) is 4.98 Å². The highest BCUT2D eigenvalue weighted by molar-refractivity contribution is 5.96. The molecule has 1 aliphatic carbocycles. The van der Waals surface area contributed by atoms with Crippen molar-refractivity contribution in [2.45, 2.75) is 45.1 Å². The summed E-state index contributed by atoms with van der Waals surface area (Å²) in [4.78, 5) is 15.2. The first-order chi connectivity index (χ1) is 10.1. The Hall–Kier alpha value is -2.17. The zero-order chi connectivity index (χ0) is 14.8. The van der Waals surface area contributed by atoms with Gasteiger partial charge in [-0.15, -0.1) is 0 Å². The summed E-state index contributed by atoms with van der Waals surface area (Å²) in [5.41, 5.74) is 2.57. The number of hydrogen-bond donors (Lipinski definition) is 1. The van der Waals surface area contributed by atoms with Crippen LogP contribution in [-0.2, 0) is 0 Å². The summed E-state index contributed by atoms with van der Waals surface area (Å²) < 4.78 is 0. The Morgan fingerprint density at radius 3 is 2.76 bits per heavy atom. The number of aryl methyl sites for hydroxylation is 1. The molecule has 110 valence electrons. The third kappa shape index (κ3) is 2.82. The number of hydrogen-bond acceptors (Lipinski definition) is 4. The molecular formula is C16H19N3O2. The van der Waals surface area contributed by atoms with Gasteiger partial charge < -0.3 is 5.32 Å². The molecule has 1 aromatic carbocycles. The van der Waals surface area contributed by atoms with Crippen LogP contribution in [0.15, 0.2) is 24.4 Å². The van der Waals surface area contributed by atoms with Crippen LogP contribution >= 0.6 is 0 Å². The molecule has 1 N–H and O–H groups in total. The SMILES string of the molecule is Cc1ccc2ncc([N+](=O)[O-])c(NC3CCCCC3)c2c1. The van der Waals surface area contributed by atoms with E-state index in [1.165, 1.54) is 25.5 Å². The summed E-state index contributed by atoms with van der Waals surface area (Å²) >= 11 is 0. The summed E-state index contributed by atoms with van der Waals surface area (Å²) in [7, 11) is 0. The quantitative estimate of drug-likeness (QED) is 0.678. The number of anilines is 1. The zero-order valence-corrected chi connectivity index (χ0v) is 12.1. The van der Waals surface area contributed by atoms with Crippen LogP contribution in [0, 0.1) is 17.0 Å². The van der Waals surface area contributed by atoms with Gasteiger partial charge in [0.1, 0.15) is 11.9 Å². The first kappa shape index (κ1) is 13.8. The minimum Gasteiger partial charge on any atom is -0.376 e. The van der Waals surface area contributed by atoms with Gasteiger partial charge in [-0.3, -0.25) is 10.1 Å². The molecule has 0 spiro atoms. The number of nitrogens with zero attached hydrogens (tertiary/aromatic N) is 2. The molecule has 0 unspecified atom stereocenters. The lowest BCUT2D eigenvalue weighted by Gasteiger charge is -2.24. The van der Waals surface area contributed by atoms with Crippen LogP contribution in [0.1, 0.15) is 37.7 Å². The minimum atomic E-state index is -0.347. The standard InChI is InChI=1S/C16H19N3O2/c1-11-7-8-14-13(9-11)16(15(10-17-14)19(20)21)18-12-5-3-2-4-6-12/h7-10,12H,2-6H2,1H3,(H,17,18). The second-order valence-corrected chi connectivity index (χ2v) is 5.78. The van der Waals surface area contributed by atoms with E-state index in [1.54, 1.807) is 0 Å². The lowest BCUT2D eigenvalue weighted by molar-refractivity contribution is -0.384. The normalized spacial score (nSPS) is 16.0. The van der Waals surface area contributed by atoms with Gasteiger partial charge in [0.05, 0.1) is 10.4 Å². The molecule has 1 saturated carbocycles. The van der Waals surface area contributed by atoms with Gasteiger partial charge in [-0.05, 0) is 31.9 Å². The third-order valence-electron chi connectivity index (χ3n) is 4.15. The Balaban J connectivity index is 2.08. The average molecular weight is 285 g/mol. The molecule has 0 saturated heterocycles. The largest absolute Gasteiger partial charge is 0.376 e. The number of nitro groups is 1. The number of nitrogens with one attached hydrogen (secondary N) is 1. The highest BCUT2D eigenvalue weighted by Gasteiger charge is 2.22. The second kappa shape index (κ2) is 5.68. The van der Waals surface area contributed by atoms with Gasteiger partial charge >= 0.3 is 5.69 Å². The van der Waals surface area contributed by atoms with Crippen LogP contribution in [0.25, 0.3) is 10.9 Å². The molecule has 3 rings (SSSR count). The minimum absolute atomic E-state index is 0.0682. The molecule has 0 aliphatic heterocycles. The lowest BCUT2D eigenvalue weighted by Crippen LogP contribution is -2.23. The molecule has 0 bridgehead atoms. The topological polar surface area (TPSA) is 68.1 Å². The maximum atomic E-state index is 11.3. The van der Waals surface area contributed by atoms with Crippen molar-refractivity contribution in [1.29, 1.82) is 0 Å². The number of aromatic nitrogens is 1. The number of fused-ring (bicyclic) bond motifs is 1. The third-order valence-corrected chi connectivity index (χ3v) is 4.15. The van der Waals surface area contributed by atoms with E-state index in [9.17, 15) is 10.1 Å². The van der Waals surface area contributed by atoms with Crippen LogP contribution in [-0.4, -0.2) is 15.9 Å². The van der Waals surface area contributed by atoms with Crippen molar-refractivity contribution in [3.8, 4) is 0 Å². The van der Waals surface area contributed by atoms with Gasteiger partial charge in [-0.25, -0.2) is 4.98 Å². The van der Waals surface area contributed by atoms with Gasteiger partial charge in [0.25, 0.3) is 0 Å². The van der Waals surface area contributed by atoms with Gasteiger partial charge in [0.15, 0.2) is 0 Å². The Kier molecular flexibility index (Phi) is 3.73. The van der Waals surface area contributed by atoms with Crippen molar-refractivity contribution in [3.05, 3.63) is 40.1 Å². The maximum absolute atomic E-state index is 11.3. The predicted octanol–water partition coefficient (Wildman–Crippen LogP) is 4.20. The van der Waals surface area contributed by atoms with E-state index in [0.717, 1.165) is 29.3 Å². The maximum Gasteiger partial charge on any atom is 0.311 e. The highest BCUT2D eigenvalue weighted by atomic mass is 16.6. The van der Waals surface area contributed by atoms with Gasteiger partial charge in [0.2, 0.25) is 0 Å². The van der Waals surface area contributed by atoms with Crippen LogP contribution < -0.4 is 5.32 Å². The Bertz CT molecular complexity index is 679. The van der Waals surface area contributed by atoms with Crippen molar-refractivity contribution >= 4 is 22.3 Å². The van der Waals surface area contributed by atoms with Crippen molar-refractivity contribution in [3.63, 3.8) is 0 Å². The number of benzene rings is 1. The fourth-order valence-corrected chi connectivity index (χ4v) is 3.04. The van der Waals surface area contributed by atoms with Crippen molar-refractivity contribution in [2.24, 2.45) is 0 Å². The molecule has 1 heterocycles. The summed E-state index contributed by atoms with van der Waals surface area (Å²) in [6.07, 6.45) is 7.15. The lowest BCUT2D eigenvalue weighted by atomic mass is 9.95. The fraction of sp³-hybridized carbons (Fsp3) is 0.438. The Morgan fingerprint density at radius 1 is 1.29 bits per heavy atom. The molecule has 0 amide bonds. The van der Waals surface area contributed by atoms with E-state index in [4.69, 9.17) is 0 Å². The van der Waals surface area contributed by atoms with E-state index in [2.05, 4.69) is 10.3 Å². The Labute approximate surface area is 123 Å². The first-order valence-electron chi connectivity index (χ1n) is 7.45. The van der Waals surface area contributed by atoms with Crippen LogP contribution in [0.2, 0.25) is 0 Å². The molecule has 0 radical (unpaired) electrons. The fourth-order valence-electron chi connectivity index (χ4n) is 3.04. The van der Waals surface area contributed by atoms with Crippen LogP contribution in [0.4, 0.5) is 11.4 Å². The Morgan fingerprint density at radius 2 is 2.05 bits per heavy atom. The van der Waals surface area contributed by atoms with Crippen LogP contribution in [0.5, 0.6) is 0 Å². The van der Waals surface area contributed by atoms with E-state index >= 15 is 0 Å². The molecule has 5 nitrogen and oxygen atoms in total. The zero-order valence-electron chi connectivity index (χ0n) is 12.1. The monoisotopic (exact) mass is 285 g/mol. The number of pyridine rings is 1. The smallest absolute Gasteiger partial charge is 0.311 e.